The van der Waals surface area contributed by atoms with E-state index < -0.39 is 0 Å². The fraction of sp³-hybridized carbons (Fsp3) is 0.375. The number of hydrogen-bond acceptors (Lipinski definition) is 4. The van der Waals surface area contributed by atoms with Gasteiger partial charge >= 0.3 is 0 Å². The molecule has 1 amide bonds. The molecular formula is C16H20N6O. The molecule has 0 unspecified atom stereocenters. The molecule has 2 atom stereocenters. The first-order valence-corrected chi connectivity index (χ1v) is 7.73. The molecule has 0 saturated carbocycles. The summed E-state index contributed by atoms with van der Waals surface area (Å²) in [6.45, 7) is 4.35. The van der Waals surface area contributed by atoms with Gasteiger partial charge < -0.3 is 10.3 Å². The summed E-state index contributed by atoms with van der Waals surface area (Å²) in [6.07, 6.45) is 3.88. The molecule has 7 heteroatoms. The predicted molar refractivity (Wildman–Crippen MR) is 86.5 cm³/mol. The maximum absolute atomic E-state index is 12.3. The van der Waals surface area contributed by atoms with Crippen molar-refractivity contribution in [2.24, 2.45) is 5.92 Å². The highest BCUT2D eigenvalue weighted by molar-refractivity contribution is 5.77. The van der Waals surface area contributed by atoms with Crippen LogP contribution in [0.3, 0.4) is 0 Å². The van der Waals surface area contributed by atoms with Crippen molar-refractivity contribution in [1.82, 2.24) is 30.0 Å². The van der Waals surface area contributed by atoms with E-state index >= 15 is 0 Å². The van der Waals surface area contributed by atoms with Gasteiger partial charge in [-0.2, -0.15) is 5.10 Å². The maximum atomic E-state index is 12.3. The van der Waals surface area contributed by atoms with Gasteiger partial charge in [0.15, 0.2) is 0 Å². The summed E-state index contributed by atoms with van der Waals surface area (Å²) in [5, 5.41) is 7.02. The molecule has 23 heavy (non-hydrogen) atoms. The lowest BCUT2D eigenvalue weighted by Gasteiger charge is -2.22. The van der Waals surface area contributed by atoms with E-state index in [1.54, 1.807) is 0 Å². The number of carbonyl (C=O) groups is 1. The monoisotopic (exact) mass is 312 g/mol. The van der Waals surface area contributed by atoms with E-state index in [2.05, 4.69) is 39.2 Å². The Hall–Kier alpha value is -2.70. The predicted octanol–water partition coefficient (Wildman–Crippen LogP) is 2.06. The van der Waals surface area contributed by atoms with E-state index in [1.807, 2.05) is 24.3 Å². The van der Waals surface area contributed by atoms with Crippen molar-refractivity contribution < 1.29 is 4.79 Å². The van der Waals surface area contributed by atoms with Crippen LogP contribution in [-0.2, 0) is 11.3 Å². The molecule has 0 aliphatic carbocycles. The van der Waals surface area contributed by atoms with Gasteiger partial charge in [-0.15, -0.1) is 0 Å². The largest absolute Gasteiger partial charge is 0.344 e. The van der Waals surface area contributed by atoms with Gasteiger partial charge in [0.2, 0.25) is 5.91 Å². The number of nitrogens with zero attached hydrogens (tertiary/aromatic N) is 4. The Morgan fingerprint density at radius 1 is 1.39 bits per heavy atom. The number of aromatic amines is 1. The minimum atomic E-state index is -0.163. The topological polar surface area (TPSA) is 88.5 Å². The number of benzene rings is 1. The highest BCUT2D eigenvalue weighted by Gasteiger charge is 2.23. The molecule has 3 rings (SSSR count). The molecule has 0 saturated heterocycles. The second-order valence-corrected chi connectivity index (χ2v) is 5.66. The second-order valence-electron chi connectivity index (χ2n) is 5.66. The standard InChI is InChI=1S/C16H20N6O/c1-3-11(2)15(21-14(23)8-22-10-17-9-18-22)16-19-12-6-4-5-7-13(12)20-16/h4-7,9-11,15H,3,8H2,1-2H3,(H,19,20)(H,21,23)/t11-,15+/m0/s1. The third-order valence-electron chi connectivity index (χ3n) is 4.00. The van der Waals surface area contributed by atoms with Gasteiger partial charge in [-0.1, -0.05) is 32.4 Å². The Labute approximate surface area is 134 Å². The number of rotatable bonds is 6. The number of amides is 1. The van der Waals surface area contributed by atoms with E-state index in [1.165, 1.54) is 17.3 Å². The lowest BCUT2D eigenvalue weighted by atomic mass is 9.98. The average Bonchev–Trinajstić information content (AvgIpc) is 3.20. The Morgan fingerprint density at radius 2 is 2.22 bits per heavy atom. The van der Waals surface area contributed by atoms with Crippen molar-refractivity contribution in [2.75, 3.05) is 0 Å². The zero-order valence-corrected chi connectivity index (χ0v) is 13.2. The van der Waals surface area contributed by atoms with Gasteiger partial charge in [0, 0.05) is 0 Å². The van der Waals surface area contributed by atoms with Gasteiger partial charge in [0.25, 0.3) is 0 Å². The maximum Gasteiger partial charge on any atom is 0.242 e. The van der Waals surface area contributed by atoms with E-state index in [4.69, 9.17) is 0 Å². The zero-order chi connectivity index (χ0) is 16.2. The molecule has 1 aromatic carbocycles. The summed E-state index contributed by atoms with van der Waals surface area (Å²) in [5.41, 5.74) is 1.88. The molecule has 0 aliphatic heterocycles. The Morgan fingerprint density at radius 3 is 2.91 bits per heavy atom. The number of imidazole rings is 1. The van der Waals surface area contributed by atoms with E-state index in [0.29, 0.717) is 0 Å². The van der Waals surface area contributed by atoms with Crippen LogP contribution in [0.4, 0.5) is 0 Å². The van der Waals surface area contributed by atoms with Gasteiger partial charge in [-0.25, -0.2) is 14.6 Å². The number of para-hydroxylation sites is 2. The normalized spacial score (nSPS) is 13.8. The molecule has 0 spiro atoms. The summed E-state index contributed by atoms with van der Waals surface area (Å²) in [4.78, 5) is 24.1. The van der Waals surface area contributed by atoms with Crippen molar-refractivity contribution >= 4 is 16.9 Å². The van der Waals surface area contributed by atoms with Crippen LogP contribution in [0.1, 0.15) is 32.1 Å². The number of H-pyrrole nitrogens is 1. The van der Waals surface area contributed by atoms with Crippen LogP contribution in [0.2, 0.25) is 0 Å². The van der Waals surface area contributed by atoms with Crippen LogP contribution < -0.4 is 5.32 Å². The fourth-order valence-corrected chi connectivity index (χ4v) is 2.52. The SMILES string of the molecule is CC[C@H](C)[C@@H](NC(=O)Cn1cncn1)c1nc2ccccc2[nH]1. The van der Waals surface area contributed by atoms with Crippen LogP contribution in [0.25, 0.3) is 11.0 Å². The second kappa shape index (κ2) is 6.60. The molecular weight excluding hydrogens is 292 g/mol. The van der Waals surface area contributed by atoms with Gasteiger partial charge in [-0.05, 0) is 18.1 Å². The number of fused-ring (bicyclic) bond motifs is 1. The lowest BCUT2D eigenvalue weighted by molar-refractivity contribution is -0.123. The van der Waals surface area contributed by atoms with Crippen molar-refractivity contribution in [3.8, 4) is 0 Å². The number of nitrogens with one attached hydrogen (secondary N) is 2. The summed E-state index contributed by atoms with van der Waals surface area (Å²) < 4.78 is 1.50. The molecule has 0 aliphatic rings. The van der Waals surface area contributed by atoms with Gasteiger partial charge in [0.1, 0.15) is 25.0 Å². The first-order valence-electron chi connectivity index (χ1n) is 7.73. The average molecular weight is 312 g/mol. The van der Waals surface area contributed by atoms with E-state index in [-0.39, 0.29) is 24.4 Å². The van der Waals surface area contributed by atoms with Crippen molar-refractivity contribution in [2.45, 2.75) is 32.9 Å². The van der Waals surface area contributed by atoms with E-state index in [0.717, 1.165) is 23.3 Å². The zero-order valence-electron chi connectivity index (χ0n) is 13.2. The van der Waals surface area contributed by atoms with Crippen LogP contribution in [0.15, 0.2) is 36.9 Å². The molecule has 2 N–H and O–H groups in total. The summed E-state index contributed by atoms with van der Waals surface area (Å²) >= 11 is 0. The van der Waals surface area contributed by atoms with Gasteiger partial charge in [-0.3, -0.25) is 4.79 Å². The van der Waals surface area contributed by atoms with Crippen LogP contribution in [-0.4, -0.2) is 30.6 Å². The molecule has 120 valence electrons. The van der Waals surface area contributed by atoms with Crippen molar-refractivity contribution in [3.05, 3.63) is 42.7 Å². The minimum Gasteiger partial charge on any atom is -0.344 e. The molecule has 0 radical (unpaired) electrons. The minimum absolute atomic E-state index is 0.110. The third kappa shape index (κ3) is 3.39. The Kier molecular flexibility index (Phi) is 4.36. The molecule has 0 bridgehead atoms. The molecule has 0 fully saturated rings. The first-order chi connectivity index (χ1) is 11.2. The molecule has 3 aromatic rings. The smallest absolute Gasteiger partial charge is 0.242 e. The van der Waals surface area contributed by atoms with Crippen molar-refractivity contribution in [3.63, 3.8) is 0 Å². The van der Waals surface area contributed by atoms with E-state index in [9.17, 15) is 4.79 Å². The Balaban J connectivity index is 1.81. The lowest BCUT2D eigenvalue weighted by Crippen LogP contribution is -2.35. The van der Waals surface area contributed by atoms with Crippen LogP contribution in [0, 0.1) is 5.92 Å². The molecule has 2 heterocycles. The summed E-state index contributed by atoms with van der Waals surface area (Å²) in [5.74, 6) is 0.934. The summed E-state index contributed by atoms with van der Waals surface area (Å²) in [6, 6.07) is 7.69. The van der Waals surface area contributed by atoms with Gasteiger partial charge in [0.05, 0.1) is 17.1 Å². The highest BCUT2D eigenvalue weighted by Crippen LogP contribution is 2.24. The third-order valence-corrected chi connectivity index (χ3v) is 4.00. The number of aromatic nitrogens is 5. The van der Waals surface area contributed by atoms with Crippen molar-refractivity contribution in [1.29, 1.82) is 0 Å². The summed E-state index contributed by atoms with van der Waals surface area (Å²) in [7, 11) is 0. The molecule has 2 aromatic heterocycles. The quantitative estimate of drug-likeness (QED) is 0.729. The number of carbonyl (C=O) groups excluding carboxylic acids is 1. The number of hydrogen-bond donors (Lipinski definition) is 2. The highest BCUT2D eigenvalue weighted by atomic mass is 16.2. The first kappa shape index (κ1) is 15.2. The fourth-order valence-electron chi connectivity index (χ4n) is 2.52. The molecule has 7 nitrogen and oxygen atoms in total. The Bertz CT molecular complexity index is 746. The van der Waals surface area contributed by atoms with Crippen LogP contribution in [0.5, 0.6) is 0 Å². The van der Waals surface area contributed by atoms with Crippen LogP contribution >= 0.6 is 0 Å².